The zero-order chi connectivity index (χ0) is 15.1. The summed E-state index contributed by atoms with van der Waals surface area (Å²) in [6.45, 7) is 9.16. The van der Waals surface area contributed by atoms with Crippen molar-refractivity contribution in [3.8, 4) is 0 Å². The van der Waals surface area contributed by atoms with Crippen molar-refractivity contribution >= 4 is 11.6 Å². The predicted octanol–water partition coefficient (Wildman–Crippen LogP) is 3.09. The van der Waals surface area contributed by atoms with Gasteiger partial charge in [0.25, 0.3) is 0 Å². The van der Waals surface area contributed by atoms with Gasteiger partial charge in [-0.1, -0.05) is 20.3 Å². The molecule has 2 atom stereocenters. The quantitative estimate of drug-likeness (QED) is 0.771. The molecule has 2 unspecified atom stereocenters. The van der Waals surface area contributed by atoms with E-state index in [0.29, 0.717) is 12.0 Å². The normalized spacial score (nSPS) is 21.5. The van der Waals surface area contributed by atoms with Crippen LogP contribution in [0.15, 0.2) is 6.33 Å². The highest BCUT2D eigenvalue weighted by atomic mass is 16.5. The van der Waals surface area contributed by atoms with Crippen LogP contribution in [-0.4, -0.2) is 35.8 Å². The molecule has 1 aliphatic rings. The van der Waals surface area contributed by atoms with Gasteiger partial charge in [-0.3, -0.25) is 0 Å². The van der Waals surface area contributed by atoms with Crippen LogP contribution in [0.4, 0.5) is 11.6 Å². The number of anilines is 2. The molecule has 1 fully saturated rings. The summed E-state index contributed by atoms with van der Waals surface area (Å²) in [5.41, 5.74) is 1.20. The van der Waals surface area contributed by atoms with Gasteiger partial charge in [-0.25, -0.2) is 9.97 Å². The molecule has 5 heteroatoms. The van der Waals surface area contributed by atoms with E-state index in [2.05, 4.69) is 41.4 Å². The first-order valence-corrected chi connectivity index (χ1v) is 8.23. The van der Waals surface area contributed by atoms with Crippen molar-refractivity contribution in [2.45, 2.75) is 52.6 Å². The molecule has 0 spiro atoms. The third kappa shape index (κ3) is 4.06. The van der Waals surface area contributed by atoms with E-state index in [1.165, 1.54) is 5.56 Å². The van der Waals surface area contributed by atoms with Crippen LogP contribution in [0.5, 0.6) is 0 Å². The summed E-state index contributed by atoms with van der Waals surface area (Å²) in [4.78, 5) is 8.82. The summed E-state index contributed by atoms with van der Waals surface area (Å²) in [7, 11) is 0. The smallest absolute Gasteiger partial charge is 0.134 e. The van der Waals surface area contributed by atoms with E-state index >= 15 is 0 Å². The van der Waals surface area contributed by atoms with Crippen LogP contribution in [0.2, 0.25) is 0 Å². The number of aromatic nitrogens is 2. The van der Waals surface area contributed by atoms with Crippen LogP contribution in [0.1, 0.15) is 45.6 Å². The molecular weight excluding hydrogens is 264 g/mol. The monoisotopic (exact) mass is 292 g/mol. The zero-order valence-electron chi connectivity index (χ0n) is 13.5. The molecule has 0 saturated carbocycles. The van der Waals surface area contributed by atoms with Gasteiger partial charge in [0, 0.05) is 31.2 Å². The van der Waals surface area contributed by atoms with E-state index in [-0.39, 0.29) is 0 Å². The fourth-order valence-corrected chi connectivity index (χ4v) is 2.98. The van der Waals surface area contributed by atoms with Crippen molar-refractivity contribution in [2.75, 3.05) is 30.3 Å². The Morgan fingerprint density at radius 2 is 1.95 bits per heavy atom. The maximum absolute atomic E-state index is 5.76. The second-order valence-corrected chi connectivity index (χ2v) is 5.58. The third-order valence-corrected chi connectivity index (χ3v) is 4.07. The summed E-state index contributed by atoms with van der Waals surface area (Å²) in [6.07, 6.45) is 6.33. The number of rotatable bonds is 8. The van der Waals surface area contributed by atoms with Crippen molar-refractivity contribution in [2.24, 2.45) is 5.92 Å². The Morgan fingerprint density at radius 1 is 1.19 bits per heavy atom. The van der Waals surface area contributed by atoms with Crippen LogP contribution in [0.3, 0.4) is 0 Å². The second-order valence-electron chi connectivity index (χ2n) is 5.58. The number of nitrogens with one attached hydrogen (secondary N) is 2. The van der Waals surface area contributed by atoms with E-state index in [1.807, 2.05) is 0 Å². The summed E-state index contributed by atoms with van der Waals surface area (Å²) in [6, 6.07) is 0. The predicted molar refractivity (Wildman–Crippen MR) is 86.8 cm³/mol. The average molecular weight is 292 g/mol. The molecule has 5 nitrogen and oxygen atoms in total. The molecule has 0 aromatic carbocycles. The molecule has 2 rings (SSSR count). The van der Waals surface area contributed by atoms with Gasteiger partial charge in [0.2, 0.25) is 0 Å². The molecular formula is C16H28N4O. The molecule has 1 aromatic rings. The highest BCUT2D eigenvalue weighted by Crippen LogP contribution is 2.26. The highest BCUT2D eigenvalue weighted by molar-refractivity contribution is 5.57. The first-order valence-electron chi connectivity index (χ1n) is 8.23. The van der Waals surface area contributed by atoms with Gasteiger partial charge in [-0.15, -0.1) is 0 Å². The maximum atomic E-state index is 5.76. The van der Waals surface area contributed by atoms with Gasteiger partial charge in [0.05, 0.1) is 6.10 Å². The minimum absolute atomic E-state index is 0.391. The molecule has 2 N–H and O–H groups in total. The Kier molecular flexibility index (Phi) is 6.23. The largest absolute Gasteiger partial charge is 0.378 e. The van der Waals surface area contributed by atoms with Gasteiger partial charge < -0.3 is 15.4 Å². The first-order chi connectivity index (χ1) is 10.3. The van der Waals surface area contributed by atoms with Crippen molar-refractivity contribution in [1.82, 2.24) is 9.97 Å². The van der Waals surface area contributed by atoms with E-state index in [1.54, 1.807) is 6.33 Å². The van der Waals surface area contributed by atoms with Crippen molar-refractivity contribution in [3.05, 3.63) is 11.9 Å². The van der Waals surface area contributed by atoms with E-state index in [0.717, 1.165) is 57.0 Å². The summed E-state index contributed by atoms with van der Waals surface area (Å²) >= 11 is 0. The van der Waals surface area contributed by atoms with Crippen LogP contribution in [0, 0.1) is 5.92 Å². The van der Waals surface area contributed by atoms with Crippen LogP contribution >= 0.6 is 0 Å². The lowest BCUT2D eigenvalue weighted by molar-refractivity contribution is 0.0900. The Hall–Kier alpha value is -1.36. The van der Waals surface area contributed by atoms with Crippen molar-refractivity contribution < 1.29 is 4.74 Å². The zero-order valence-corrected chi connectivity index (χ0v) is 13.5. The van der Waals surface area contributed by atoms with Crippen LogP contribution in [-0.2, 0) is 11.2 Å². The minimum Gasteiger partial charge on any atom is -0.378 e. The Bertz CT molecular complexity index is 438. The van der Waals surface area contributed by atoms with E-state index in [9.17, 15) is 0 Å². The van der Waals surface area contributed by atoms with Crippen molar-refractivity contribution in [1.29, 1.82) is 0 Å². The lowest BCUT2D eigenvalue weighted by Gasteiger charge is -2.19. The number of nitrogens with zero attached hydrogens (tertiary/aromatic N) is 2. The maximum Gasteiger partial charge on any atom is 0.134 e. The van der Waals surface area contributed by atoms with Gasteiger partial charge in [0.1, 0.15) is 18.0 Å². The topological polar surface area (TPSA) is 59.1 Å². The molecule has 2 heterocycles. The SMILES string of the molecule is CCCc1c(NCC)ncnc1NCC1CCOC1CC. The van der Waals surface area contributed by atoms with Crippen LogP contribution < -0.4 is 10.6 Å². The molecule has 21 heavy (non-hydrogen) atoms. The Labute approximate surface area is 127 Å². The van der Waals surface area contributed by atoms with Gasteiger partial charge in [0.15, 0.2) is 0 Å². The van der Waals surface area contributed by atoms with Crippen molar-refractivity contribution in [3.63, 3.8) is 0 Å². The van der Waals surface area contributed by atoms with Gasteiger partial charge in [-0.05, 0) is 26.2 Å². The number of hydrogen-bond donors (Lipinski definition) is 2. The fraction of sp³-hybridized carbons (Fsp3) is 0.750. The molecule has 1 aliphatic heterocycles. The molecule has 0 aliphatic carbocycles. The van der Waals surface area contributed by atoms with Gasteiger partial charge >= 0.3 is 0 Å². The lowest BCUT2D eigenvalue weighted by atomic mass is 9.99. The molecule has 0 radical (unpaired) electrons. The molecule has 1 saturated heterocycles. The summed E-state index contributed by atoms with van der Waals surface area (Å²) in [5, 5.41) is 6.87. The number of ether oxygens (including phenoxy) is 1. The molecule has 0 amide bonds. The summed E-state index contributed by atoms with van der Waals surface area (Å²) < 4.78 is 5.76. The molecule has 1 aromatic heterocycles. The van der Waals surface area contributed by atoms with E-state index < -0.39 is 0 Å². The van der Waals surface area contributed by atoms with Crippen LogP contribution in [0.25, 0.3) is 0 Å². The average Bonchev–Trinajstić information content (AvgIpc) is 2.95. The summed E-state index contributed by atoms with van der Waals surface area (Å²) in [5.74, 6) is 2.53. The van der Waals surface area contributed by atoms with Gasteiger partial charge in [-0.2, -0.15) is 0 Å². The number of hydrogen-bond acceptors (Lipinski definition) is 5. The lowest BCUT2D eigenvalue weighted by Crippen LogP contribution is -2.23. The minimum atomic E-state index is 0.391. The molecule has 0 bridgehead atoms. The van der Waals surface area contributed by atoms with E-state index in [4.69, 9.17) is 4.74 Å². The highest BCUT2D eigenvalue weighted by Gasteiger charge is 2.26. The Morgan fingerprint density at radius 3 is 2.62 bits per heavy atom. The standard InChI is InChI=1S/C16H28N4O/c1-4-7-13-15(17-6-3)19-11-20-16(13)18-10-12-8-9-21-14(12)5-2/h11-12,14H,4-10H2,1-3H3,(H2,17,18,19,20). The fourth-order valence-electron chi connectivity index (χ4n) is 2.98. The first kappa shape index (κ1) is 16.0. The third-order valence-electron chi connectivity index (χ3n) is 4.07. The Balaban J connectivity index is 2.06. The molecule has 118 valence electrons. The second kappa shape index (κ2) is 8.17.